The van der Waals surface area contributed by atoms with Gasteiger partial charge in [-0.1, -0.05) is 33.6 Å². The van der Waals surface area contributed by atoms with Crippen molar-refractivity contribution in [2.24, 2.45) is 5.73 Å². The molecule has 20 heavy (non-hydrogen) atoms. The minimum absolute atomic E-state index is 0.268. The van der Waals surface area contributed by atoms with E-state index in [1.807, 2.05) is 12.1 Å². The fourth-order valence-electron chi connectivity index (χ4n) is 2.25. The highest BCUT2D eigenvalue weighted by Crippen LogP contribution is 2.33. The van der Waals surface area contributed by atoms with Crippen LogP contribution in [-0.2, 0) is 0 Å². The Hall–Kier alpha value is -1.03. The topological polar surface area (TPSA) is 35.2 Å². The summed E-state index contributed by atoms with van der Waals surface area (Å²) in [6.45, 7) is 4.10. The number of methoxy groups -OCH3 is 1. The third-order valence-electron chi connectivity index (χ3n) is 3.41. The molecule has 2 rings (SSSR count). The molecule has 4 heteroatoms. The van der Waals surface area contributed by atoms with E-state index in [4.69, 9.17) is 22.1 Å². The van der Waals surface area contributed by atoms with Crippen LogP contribution in [0.15, 0.2) is 34.8 Å². The van der Waals surface area contributed by atoms with Crippen LogP contribution in [0, 0.1) is 13.8 Å². The van der Waals surface area contributed by atoms with Gasteiger partial charge in [-0.25, -0.2) is 0 Å². The van der Waals surface area contributed by atoms with Gasteiger partial charge < -0.3 is 10.5 Å². The van der Waals surface area contributed by atoms with Crippen molar-refractivity contribution in [2.45, 2.75) is 19.9 Å². The fraction of sp³-hybridized carbons (Fsp3) is 0.250. The predicted molar refractivity (Wildman–Crippen MR) is 87.7 cm³/mol. The fourth-order valence-corrected chi connectivity index (χ4v) is 2.89. The van der Waals surface area contributed by atoms with E-state index in [1.54, 1.807) is 13.2 Å². The van der Waals surface area contributed by atoms with Crippen LogP contribution in [-0.4, -0.2) is 7.11 Å². The van der Waals surface area contributed by atoms with Crippen molar-refractivity contribution in [2.75, 3.05) is 7.11 Å². The predicted octanol–water partition coefficient (Wildman–Crippen LogP) is 4.78. The molecule has 1 unspecified atom stereocenters. The van der Waals surface area contributed by atoms with Crippen LogP contribution in [0.4, 0.5) is 0 Å². The number of rotatable bonds is 3. The summed E-state index contributed by atoms with van der Waals surface area (Å²) in [5.74, 6) is 0.752. The number of nitrogens with two attached hydrogens (primary N) is 1. The van der Waals surface area contributed by atoms with Crippen LogP contribution in [0.1, 0.15) is 28.3 Å². The molecule has 2 aromatic carbocycles. The van der Waals surface area contributed by atoms with Gasteiger partial charge in [-0.05, 0) is 54.8 Å². The standard InChI is InChI=1S/C16H17BrClNO/c1-9-7-14(17)10(2)6-12(9)16(19)13-8-11(18)4-5-15(13)20-3/h4-8,16H,19H2,1-3H3. The van der Waals surface area contributed by atoms with E-state index < -0.39 is 0 Å². The zero-order valence-corrected chi connectivity index (χ0v) is 14.0. The van der Waals surface area contributed by atoms with Gasteiger partial charge in [0.1, 0.15) is 5.75 Å². The first kappa shape index (κ1) is 15.4. The number of benzene rings is 2. The van der Waals surface area contributed by atoms with E-state index in [0.29, 0.717) is 5.02 Å². The summed E-state index contributed by atoms with van der Waals surface area (Å²) >= 11 is 9.62. The third kappa shape index (κ3) is 3.00. The summed E-state index contributed by atoms with van der Waals surface area (Å²) in [5.41, 5.74) is 10.7. The summed E-state index contributed by atoms with van der Waals surface area (Å²) in [4.78, 5) is 0. The van der Waals surface area contributed by atoms with Gasteiger partial charge in [0.05, 0.1) is 13.2 Å². The summed E-state index contributed by atoms with van der Waals surface area (Å²) in [6.07, 6.45) is 0. The molecule has 0 aromatic heterocycles. The second kappa shape index (κ2) is 6.17. The average Bonchev–Trinajstić information content (AvgIpc) is 2.42. The van der Waals surface area contributed by atoms with Crippen LogP contribution < -0.4 is 10.5 Å². The Balaban J connectivity index is 2.54. The molecule has 0 radical (unpaired) electrons. The van der Waals surface area contributed by atoms with E-state index in [1.165, 1.54) is 0 Å². The first-order valence-electron chi connectivity index (χ1n) is 6.29. The molecule has 1 atom stereocenters. The van der Waals surface area contributed by atoms with Gasteiger partial charge in [0.2, 0.25) is 0 Å². The minimum atomic E-state index is -0.268. The Morgan fingerprint density at radius 1 is 1.10 bits per heavy atom. The van der Waals surface area contributed by atoms with Crippen molar-refractivity contribution in [3.63, 3.8) is 0 Å². The molecule has 2 aromatic rings. The van der Waals surface area contributed by atoms with Gasteiger partial charge in [0.25, 0.3) is 0 Å². The van der Waals surface area contributed by atoms with Crippen molar-refractivity contribution < 1.29 is 4.74 Å². The Morgan fingerprint density at radius 2 is 1.80 bits per heavy atom. The smallest absolute Gasteiger partial charge is 0.124 e. The monoisotopic (exact) mass is 353 g/mol. The van der Waals surface area contributed by atoms with Gasteiger partial charge in [-0.2, -0.15) is 0 Å². The van der Waals surface area contributed by atoms with E-state index in [-0.39, 0.29) is 6.04 Å². The second-order valence-electron chi connectivity index (χ2n) is 4.82. The average molecular weight is 355 g/mol. The lowest BCUT2D eigenvalue weighted by Crippen LogP contribution is -2.15. The van der Waals surface area contributed by atoms with E-state index in [0.717, 1.165) is 32.5 Å². The van der Waals surface area contributed by atoms with E-state index in [9.17, 15) is 0 Å². The molecular formula is C16H17BrClNO. The van der Waals surface area contributed by atoms with Gasteiger partial charge in [0.15, 0.2) is 0 Å². The maximum absolute atomic E-state index is 6.43. The molecule has 2 N–H and O–H groups in total. The van der Waals surface area contributed by atoms with Crippen LogP contribution >= 0.6 is 27.5 Å². The normalized spacial score (nSPS) is 12.3. The Bertz CT molecular complexity index is 643. The molecule has 0 heterocycles. The maximum Gasteiger partial charge on any atom is 0.124 e. The van der Waals surface area contributed by atoms with Crippen LogP contribution in [0.25, 0.3) is 0 Å². The first-order valence-corrected chi connectivity index (χ1v) is 7.46. The first-order chi connectivity index (χ1) is 9.43. The highest BCUT2D eigenvalue weighted by atomic mass is 79.9. The van der Waals surface area contributed by atoms with E-state index in [2.05, 4.69) is 41.9 Å². The quantitative estimate of drug-likeness (QED) is 0.861. The molecule has 0 fully saturated rings. The zero-order chi connectivity index (χ0) is 14.9. The van der Waals surface area contributed by atoms with Gasteiger partial charge >= 0.3 is 0 Å². The molecular weight excluding hydrogens is 338 g/mol. The van der Waals surface area contributed by atoms with Crippen LogP contribution in [0.3, 0.4) is 0 Å². The number of hydrogen-bond acceptors (Lipinski definition) is 2. The number of ether oxygens (including phenoxy) is 1. The van der Waals surface area contributed by atoms with Crippen molar-refractivity contribution in [1.82, 2.24) is 0 Å². The van der Waals surface area contributed by atoms with Crippen molar-refractivity contribution in [3.05, 3.63) is 62.1 Å². The summed E-state index contributed by atoms with van der Waals surface area (Å²) < 4.78 is 6.48. The second-order valence-corrected chi connectivity index (χ2v) is 6.11. The SMILES string of the molecule is COc1ccc(Cl)cc1C(N)c1cc(C)c(Br)cc1C. The van der Waals surface area contributed by atoms with Gasteiger partial charge in [0, 0.05) is 15.1 Å². The Kier molecular flexibility index (Phi) is 4.74. The van der Waals surface area contributed by atoms with E-state index >= 15 is 0 Å². The number of aryl methyl sites for hydroxylation is 2. The maximum atomic E-state index is 6.43. The summed E-state index contributed by atoms with van der Waals surface area (Å²) in [6, 6.07) is 9.43. The zero-order valence-electron chi connectivity index (χ0n) is 11.7. The molecule has 0 aliphatic heterocycles. The third-order valence-corrected chi connectivity index (χ3v) is 4.50. The lowest BCUT2D eigenvalue weighted by Gasteiger charge is -2.19. The largest absolute Gasteiger partial charge is 0.496 e. The van der Waals surface area contributed by atoms with Crippen molar-refractivity contribution in [3.8, 4) is 5.75 Å². The molecule has 0 bridgehead atoms. The minimum Gasteiger partial charge on any atom is -0.496 e. The lowest BCUT2D eigenvalue weighted by atomic mass is 9.94. The number of halogens is 2. The highest BCUT2D eigenvalue weighted by molar-refractivity contribution is 9.10. The molecule has 0 saturated heterocycles. The Labute approximate surface area is 133 Å². The molecule has 0 aliphatic rings. The lowest BCUT2D eigenvalue weighted by molar-refractivity contribution is 0.408. The van der Waals surface area contributed by atoms with Crippen LogP contribution in [0.5, 0.6) is 5.75 Å². The summed E-state index contributed by atoms with van der Waals surface area (Å²) in [7, 11) is 1.64. The molecule has 0 saturated carbocycles. The summed E-state index contributed by atoms with van der Waals surface area (Å²) in [5, 5.41) is 0.655. The van der Waals surface area contributed by atoms with Crippen molar-refractivity contribution in [1.29, 1.82) is 0 Å². The highest BCUT2D eigenvalue weighted by Gasteiger charge is 2.17. The molecule has 106 valence electrons. The van der Waals surface area contributed by atoms with Gasteiger partial charge in [-0.3, -0.25) is 0 Å². The van der Waals surface area contributed by atoms with Gasteiger partial charge in [-0.15, -0.1) is 0 Å². The molecule has 2 nitrogen and oxygen atoms in total. The molecule has 0 amide bonds. The Morgan fingerprint density at radius 3 is 2.45 bits per heavy atom. The van der Waals surface area contributed by atoms with Crippen molar-refractivity contribution >= 4 is 27.5 Å². The molecule has 0 aliphatic carbocycles. The van der Waals surface area contributed by atoms with Crippen LogP contribution in [0.2, 0.25) is 5.02 Å². The molecule has 0 spiro atoms. The number of hydrogen-bond donors (Lipinski definition) is 1.